The van der Waals surface area contributed by atoms with Crippen LogP contribution in [0.2, 0.25) is 0 Å². The molecule has 1 heterocycles. The van der Waals surface area contributed by atoms with E-state index in [2.05, 4.69) is 20.4 Å². The number of hydrogen-bond donors (Lipinski definition) is 1. The van der Waals surface area contributed by atoms with E-state index in [4.69, 9.17) is 14.2 Å². The van der Waals surface area contributed by atoms with Crippen molar-refractivity contribution >= 4 is 17.7 Å². The first-order valence-electron chi connectivity index (χ1n) is 13.8. The Kier molecular flexibility index (Phi) is 6.32. The Morgan fingerprint density at radius 1 is 1.08 bits per heavy atom. The van der Waals surface area contributed by atoms with Crippen molar-refractivity contribution in [2.75, 3.05) is 6.61 Å². The highest BCUT2D eigenvalue weighted by molar-refractivity contribution is 5.95. The Hall–Kier alpha value is -2.77. The number of esters is 2. The zero-order valence-corrected chi connectivity index (χ0v) is 24.0. The monoisotopic (exact) mass is 536 g/mol. The largest absolute Gasteiger partial charge is 0.458 e. The highest BCUT2D eigenvalue weighted by Gasteiger charge is 2.74. The van der Waals surface area contributed by atoms with Gasteiger partial charge >= 0.3 is 11.9 Å². The number of rotatable bonds is 3. The molecular weight excluding hydrogens is 496 g/mol. The normalized spacial score (nSPS) is 40.9. The first kappa shape index (κ1) is 27.8. The topological polar surface area (TPSA) is 99.1 Å². The molecule has 4 aliphatic rings. The van der Waals surface area contributed by atoms with Crippen molar-refractivity contribution in [1.82, 2.24) is 0 Å². The third kappa shape index (κ3) is 3.65. The molecule has 5 rings (SSSR count). The molecule has 1 aromatic carbocycles. The van der Waals surface area contributed by atoms with E-state index in [9.17, 15) is 19.5 Å². The van der Waals surface area contributed by atoms with Gasteiger partial charge < -0.3 is 19.3 Å². The van der Waals surface area contributed by atoms with E-state index in [1.807, 2.05) is 26.8 Å². The van der Waals surface area contributed by atoms with E-state index in [-0.39, 0.29) is 18.3 Å². The molecular formula is C32H40O7. The standard InChI is InChI=1S/C32H40O7/c1-17-15-31(7)27(39-28(36)20-12-10-9-11-13-20)25-30(6)16-37-22(30)14-21(34)32(25,8)26(35)24(38-19(3)33)23(18(17)2)29(31,4)5/h9-13,21-22,24-25,27,34H,1,14-16H2,2-8H3/t21-,22+,24+,25?,27-,30+,31?,32+/m0/s1. The number of allylic oxidation sites excluding steroid dienone is 2. The lowest BCUT2D eigenvalue weighted by Crippen LogP contribution is -2.75. The molecule has 39 heavy (non-hydrogen) atoms. The Bertz CT molecular complexity index is 1280. The van der Waals surface area contributed by atoms with Crippen LogP contribution in [0.1, 0.15) is 71.7 Å². The summed E-state index contributed by atoms with van der Waals surface area (Å²) in [5.74, 6) is -2.04. The van der Waals surface area contributed by atoms with Crippen molar-refractivity contribution in [2.45, 2.75) is 85.7 Å². The summed E-state index contributed by atoms with van der Waals surface area (Å²) < 4.78 is 18.3. The molecule has 3 aliphatic carbocycles. The average molecular weight is 537 g/mol. The van der Waals surface area contributed by atoms with Crippen molar-refractivity contribution in [3.8, 4) is 0 Å². The van der Waals surface area contributed by atoms with E-state index >= 15 is 0 Å². The minimum Gasteiger partial charge on any atom is -0.458 e. The van der Waals surface area contributed by atoms with E-state index in [1.165, 1.54) is 6.92 Å². The van der Waals surface area contributed by atoms with Gasteiger partial charge in [-0.2, -0.15) is 0 Å². The average Bonchev–Trinajstić information content (AvgIpc) is 2.87. The molecule has 0 spiro atoms. The lowest BCUT2D eigenvalue weighted by Gasteiger charge is -2.68. The van der Waals surface area contributed by atoms with Crippen LogP contribution in [0.3, 0.4) is 0 Å². The quantitative estimate of drug-likeness (QED) is 0.553. The van der Waals surface area contributed by atoms with Crippen LogP contribution in [0.15, 0.2) is 53.6 Å². The molecule has 7 heteroatoms. The molecule has 1 saturated heterocycles. The fourth-order valence-corrected chi connectivity index (χ4v) is 8.17. The Morgan fingerprint density at radius 3 is 2.28 bits per heavy atom. The second-order valence-electron chi connectivity index (χ2n) is 13.2. The minimum atomic E-state index is -1.38. The smallest absolute Gasteiger partial charge is 0.338 e. The maximum Gasteiger partial charge on any atom is 0.338 e. The second kappa shape index (κ2) is 8.87. The van der Waals surface area contributed by atoms with Gasteiger partial charge in [-0.15, -0.1) is 0 Å². The van der Waals surface area contributed by atoms with Crippen LogP contribution >= 0.6 is 0 Å². The van der Waals surface area contributed by atoms with Crippen LogP contribution in [-0.2, 0) is 23.8 Å². The van der Waals surface area contributed by atoms with Crippen molar-refractivity contribution in [2.24, 2.45) is 27.6 Å². The number of carbonyl (C=O) groups excluding carboxylic acids is 3. The fourth-order valence-electron chi connectivity index (χ4n) is 8.17. The lowest BCUT2D eigenvalue weighted by atomic mass is 9.40. The van der Waals surface area contributed by atoms with Crippen LogP contribution in [0, 0.1) is 27.6 Å². The number of Topliss-reactive ketones (excluding diaryl/α,β-unsaturated/α-hetero) is 1. The first-order chi connectivity index (χ1) is 18.1. The third-order valence-corrected chi connectivity index (χ3v) is 10.9. The van der Waals surface area contributed by atoms with Gasteiger partial charge in [0.1, 0.15) is 6.10 Å². The maximum atomic E-state index is 14.8. The molecule has 2 saturated carbocycles. The van der Waals surface area contributed by atoms with Gasteiger partial charge in [-0.3, -0.25) is 9.59 Å². The molecule has 2 bridgehead atoms. The van der Waals surface area contributed by atoms with Crippen molar-refractivity contribution in [1.29, 1.82) is 0 Å². The number of fused-ring (bicyclic) bond motifs is 5. The molecule has 0 radical (unpaired) electrons. The van der Waals surface area contributed by atoms with Crippen LogP contribution in [0.25, 0.3) is 0 Å². The van der Waals surface area contributed by atoms with Gasteiger partial charge in [0.2, 0.25) is 0 Å². The minimum absolute atomic E-state index is 0.270. The predicted molar refractivity (Wildman–Crippen MR) is 145 cm³/mol. The number of carbonyl (C=O) groups is 3. The van der Waals surface area contributed by atoms with Gasteiger partial charge in [-0.05, 0) is 49.0 Å². The zero-order valence-electron chi connectivity index (χ0n) is 24.0. The Morgan fingerprint density at radius 2 is 1.72 bits per heavy atom. The highest BCUT2D eigenvalue weighted by atomic mass is 16.6. The zero-order chi connectivity index (χ0) is 28.7. The molecule has 1 aliphatic heterocycles. The third-order valence-electron chi connectivity index (χ3n) is 10.9. The number of aliphatic hydroxyl groups is 1. The lowest BCUT2D eigenvalue weighted by molar-refractivity contribution is -0.303. The number of ketones is 1. The van der Waals surface area contributed by atoms with Crippen LogP contribution in [0.5, 0.6) is 0 Å². The number of hydrogen-bond acceptors (Lipinski definition) is 7. The Balaban J connectivity index is 1.81. The number of benzene rings is 1. The van der Waals surface area contributed by atoms with E-state index in [1.54, 1.807) is 31.2 Å². The van der Waals surface area contributed by atoms with Crippen LogP contribution in [0.4, 0.5) is 0 Å². The van der Waals surface area contributed by atoms with E-state index in [0.717, 1.165) is 11.1 Å². The summed E-state index contributed by atoms with van der Waals surface area (Å²) >= 11 is 0. The highest BCUT2D eigenvalue weighted by Crippen LogP contribution is 2.68. The summed E-state index contributed by atoms with van der Waals surface area (Å²) in [5, 5.41) is 11.7. The molecule has 0 amide bonds. The van der Waals surface area contributed by atoms with Crippen molar-refractivity contribution in [3.63, 3.8) is 0 Å². The number of ether oxygens (including phenoxy) is 3. The Labute approximate surface area is 230 Å². The first-order valence-corrected chi connectivity index (χ1v) is 13.8. The summed E-state index contributed by atoms with van der Waals surface area (Å²) in [7, 11) is 0. The molecule has 2 unspecified atom stereocenters. The molecule has 7 nitrogen and oxygen atoms in total. The van der Waals surface area contributed by atoms with Crippen molar-refractivity contribution in [3.05, 3.63) is 59.2 Å². The molecule has 8 atom stereocenters. The fraction of sp³-hybridized carbons (Fsp3) is 0.594. The SMILES string of the molecule is C=C1CC2(C)[C@@H](OC(=O)c3ccccc3)C3[C@]4(C)CO[C@@H]4C[C@H](O)[C@@]3(C)C(=O)[C@H](OC(C)=O)C(=C1C)C2(C)C. The van der Waals surface area contributed by atoms with Crippen LogP contribution in [-0.4, -0.2) is 53.9 Å². The summed E-state index contributed by atoms with van der Waals surface area (Å²) in [5.41, 5.74) is -0.733. The summed E-state index contributed by atoms with van der Waals surface area (Å²) in [6, 6.07) is 8.82. The van der Waals surface area contributed by atoms with E-state index in [0.29, 0.717) is 24.2 Å². The summed E-state index contributed by atoms with van der Waals surface area (Å²) in [6.07, 6.45) is -2.57. The predicted octanol–water partition coefficient (Wildman–Crippen LogP) is 4.83. The van der Waals surface area contributed by atoms with Gasteiger partial charge in [0.15, 0.2) is 11.9 Å². The molecule has 3 fully saturated rings. The summed E-state index contributed by atoms with van der Waals surface area (Å²) in [4.78, 5) is 40.9. The molecule has 1 N–H and O–H groups in total. The van der Waals surface area contributed by atoms with E-state index < -0.39 is 57.8 Å². The van der Waals surface area contributed by atoms with Gasteiger partial charge in [0.05, 0.1) is 29.8 Å². The van der Waals surface area contributed by atoms with Gasteiger partial charge in [-0.1, -0.05) is 58.0 Å². The van der Waals surface area contributed by atoms with Gasteiger partial charge in [0.25, 0.3) is 0 Å². The summed E-state index contributed by atoms with van der Waals surface area (Å²) in [6.45, 7) is 17.9. The number of aliphatic hydroxyl groups excluding tert-OH is 1. The molecule has 0 aromatic heterocycles. The molecule has 1 aromatic rings. The molecule has 210 valence electrons. The van der Waals surface area contributed by atoms with Gasteiger partial charge in [0, 0.05) is 30.1 Å². The van der Waals surface area contributed by atoms with Crippen molar-refractivity contribution < 1.29 is 33.7 Å². The van der Waals surface area contributed by atoms with Gasteiger partial charge in [-0.25, -0.2) is 4.79 Å². The van der Waals surface area contributed by atoms with Crippen LogP contribution < -0.4 is 0 Å². The maximum absolute atomic E-state index is 14.8. The second-order valence-corrected chi connectivity index (χ2v) is 13.2.